The summed E-state index contributed by atoms with van der Waals surface area (Å²) in [7, 11) is 0. The van der Waals surface area contributed by atoms with Crippen LogP contribution in [0.25, 0.3) is 10.8 Å². The van der Waals surface area contributed by atoms with Crippen LogP contribution in [0.5, 0.6) is 0 Å². The molecule has 5 aliphatic heterocycles. The van der Waals surface area contributed by atoms with Crippen LogP contribution in [-0.2, 0) is 9.53 Å². The number of hydrogen-bond acceptors (Lipinski definition) is 6. The molecule has 1 saturated heterocycles. The molecule has 8 heteroatoms. The van der Waals surface area contributed by atoms with Crippen molar-refractivity contribution in [1.29, 1.82) is 0 Å². The molecule has 5 heterocycles. The molecule has 8 nitrogen and oxygen atoms in total. The summed E-state index contributed by atoms with van der Waals surface area (Å²) in [6.07, 6.45) is -0.0602. The average molecular weight is 503 g/mol. The van der Waals surface area contributed by atoms with Crippen LogP contribution in [0, 0.1) is 6.92 Å². The minimum atomic E-state index is -0.879. The van der Waals surface area contributed by atoms with Crippen molar-refractivity contribution in [3.63, 3.8) is 0 Å². The average Bonchev–Trinajstić information content (AvgIpc) is 2.90. The highest BCUT2D eigenvalue weighted by molar-refractivity contribution is 5.99. The minimum absolute atomic E-state index is 0.0291. The Kier molecular flexibility index (Phi) is 7.30. The van der Waals surface area contributed by atoms with Gasteiger partial charge in [0.05, 0.1) is 31.0 Å². The highest BCUT2D eigenvalue weighted by Crippen LogP contribution is 2.37. The van der Waals surface area contributed by atoms with Crippen molar-refractivity contribution in [1.82, 2.24) is 9.80 Å². The van der Waals surface area contributed by atoms with E-state index in [1.165, 1.54) is 0 Å². The molecule has 0 aromatic heterocycles. The zero-order valence-corrected chi connectivity index (χ0v) is 21.2. The van der Waals surface area contributed by atoms with Gasteiger partial charge < -0.3 is 25.8 Å². The van der Waals surface area contributed by atoms with Crippen LogP contribution in [0.3, 0.4) is 0 Å². The van der Waals surface area contributed by atoms with Gasteiger partial charge in [-0.25, -0.2) is 0 Å². The van der Waals surface area contributed by atoms with Gasteiger partial charge >= 0.3 is 5.97 Å². The van der Waals surface area contributed by atoms with E-state index in [-0.39, 0.29) is 18.2 Å². The van der Waals surface area contributed by atoms with Gasteiger partial charge in [-0.05, 0) is 52.6 Å². The maximum atomic E-state index is 13.3. The summed E-state index contributed by atoms with van der Waals surface area (Å²) in [6, 6.07) is 15.6. The molecule has 194 valence electrons. The third-order valence-electron chi connectivity index (χ3n) is 7.60. The van der Waals surface area contributed by atoms with E-state index in [1.807, 2.05) is 60.4 Å². The van der Waals surface area contributed by atoms with E-state index in [9.17, 15) is 14.7 Å². The van der Waals surface area contributed by atoms with Gasteiger partial charge in [0.2, 0.25) is 0 Å². The van der Waals surface area contributed by atoms with Gasteiger partial charge in [-0.15, -0.1) is 0 Å². The number of benzene rings is 3. The number of carbonyl (C=O) groups excluding carboxylic acids is 1. The van der Waals surface area contributed by atoms with Crippen molar-refractivity contribution >= 4 is 34.0 Å². The lowest BCUT2D eigenvalue weighted by Crippen LogP contribution is -2.49. The predicted octanol–water partition coefficient (Wildman–Crippen LogP) is 3.54. The van der Waals surface area contributed by atoms with Crippen molar-refractivity contribution < 1.29 is 19.4 Å². The maximum absolute atomic E-state index is 13.3. The number of nitrogens with two attached hydrogens (primary N) is 1. The number of aliphatic carboxylic acids is 1. The number of nitrogen functional groups attached to an aromatic ring is 1. The summed E-state index contributed by atoms with van der Waals surface area (Å²) in [5.41, 5.74) is 11.2. The first-order chi connectivity index (χ1) is 17.9. The van der Waals surface area contributed by atoms with E-state index in [1.54, 1.807) is 0 Å². The molecule has 0 aliphatic carbocycles. The van der Waals surface area contributed by atoms with Gasteiger partial charge in [-0.1, -0.05) is 30.3 Å². The lowest BCUT2D eigenvalue weighted by molar-refractivity contribution is -0.137. The van der Waals surface area contributed by atoms with Crippen LogP contribution in [0.4, 0.5) is 11.4 Å². The Bertz CT molecular complexity index is 1320. The van der Waals surface area contributed by atoms with Crippen LogP contribution in [0.1, 0.15) is 39.4 Å². The first kappa shape index (κ1) is 25.0. The number of ether oxygens (including phenoxy) is 1. The van der Waals surface area contributed by atoms with E-state index < -0.39 is 5.97 Å². The molecule has 0 spiro atoms. The SMILES string of the molecule is Cc1c2ccc(c1N)NCCOCCN1CCN(CC1)C(=O)c1ccc3ccc(cc3c1)C2CC(=O)O. The molecule has 7 bridgehead atoms. The fourth-order valence-corrected chi connectivity index (χ4v) is 5.38. The molecule has 1 amide bonds. The topological polar surface area (TPSA) is 108 Å². The van der Waals surface area contributed by atoms with Crippen LogP contribution < -0.4 is 11.1 Å². The zero-order valence-electron chi connectivity index (χ0n) is 21.2. The summed E-state index contributed by atoms with van der Waals surface area (Å²) in [5, 5.41) is 15.0. The van der Waals surface area contributed by atoms with Crippen LogP contribution in [-0.4, -0.2) is 79.3 Å². The highest BCUT2D eigenvalue weighted by atomic mass is 16.5. The third-order valence-corrected chi connectivity index (χ3v) is 7.60. The Morgan fingerprint density at radius 3 is 2.59 bits per heavy atom. The molecule has 0 saturated carbocycles. The fourth-order valence-electron chi connectivity index (χ4n) is 5.38. The number of piperazine rings is 1. The number of hydrogen-bond donors (Lipinski definition) is 3. The number of nitrogens with zero attached hydrogens (tertiary/aromatic N) is 2. The summed E-state index contributed by atoms with van der Waals surface area (Å²) in [4.78, 5) is 29.4. The Morgan fingerprint density at radius 1 is 1.03 bits per heavy atom. The second-order valence-electron chi connectivity index (χ2n) is 9.89. The Hall–Kier alpha value is -3.62. The molecular formula is C29H34N4O4. The number of amides is 1. The van der Waals surface area contributed by atoms with E-state index in [0.29, 0.717) is 44.1 Å². The van der Waals surface area contributed by atoms with Crippen LogP contribution in [0.2, 0.25) is 0 Å². The summed E-state index contributed by atoms with van der Waals surface area (Å²) in [6.45, 7) is 7.60. The summed E-state index contributed by atoms with van der Waals surface area (Å²) >= 11 is 0. The molecule has 1 unspecified atom stereocenters. The molecule has 1 atom stereocenters. The van der Waals surface area contributed by atoms with Crippen molar-refractivity contribution in [2.75, 3.05) is 63.5 Å². The molecule has 4 N–H and O–H groups in total. The molecule has 37 heavy (non-hydrogen) atoms. The van der Waals surface area contributed by atoms with Crippen molar-refractivity contribution in [3.05, 3.63) is 70.8 Å². The quantitative estimate of drug-likeness (QED) is 0.460. The first-order valence-electron chi connectivity index (χ1n) is 12.9. The zero-order chi connectivity index (χ0) is 25.9. The Morgan fingerprint density at radius 2 is 1.81 bits per heavy atom. The third kappa shape index (κ3) is 5.40. The second-order valence-corrected chi connectivity index (χ2v) is 9.89. The monoisotopic (exact) mass is 502 g/mol. The predicted molar refractivity (Wildman–Crippen MR) is 145 cm³/mol. The molecule has 3 aromatic rings. The van der Waals surface area contributed by atoms with E-state index in [4.69, 9.17) is 10.5 Å². The lowest BCUT2D eigenvalue weighted by atomic mass is 9.84. The number of carbonyl (C=O) groups is 2. The second kappa shape index (κ2) is 10.8. The molecule has 5 aliphatic rings. The number of carboxylic acids is 1. The van der Waals surface area contributed by atoms with Gasteiger partial charge in [0.25, 0.3) is 5.91 Å². The molecule has 8 rings (SSSR count). The fraction of sp³-hybridized carbons (Fsp3) is 0.379. The molecule has 0 radical (unpaired) electrons. The number of nitrogens with one attached hydrogen (secondary N) is 1. The maximum Gasteiger partial charge on any atom is 0.304 e. The van der Waals surface area contributed by atoms with Crippen molar-refractivity contribution in [3.8, 4) is 0 Å². The standard InChI is InChI=1S/C29H34N4O4/c1-19-24-6-7-26(28(19)30)31-8-14-37-15-13-32-9-11-33(12-10-32)29(36)22-5-3-20-2-4-21(16-23(20)17-22)25(24)18-27(34)35/h2-7,16-17,25,31H,8-15,18,30H2,1H3,(H,34,35). The summed E-state index contributed by atoms with van der Waals surface area (Å²) in [5.74, 6) is -1.22. The van der Waals surface area contributed by atoms with Gasteiger partial charge in [-0.2, -0.15) is 0 Å². The largest absolute Gasteiger partial charge is 0.481 e. The van der Waals surface area contributed by atoms with Crippen LogP contribution in [0.15, 0.2) is 48.5 Å². The van der Waals surface area contributed by atoms with Crippen molar-refractivity contribution in [2.45, 2.75) is 19.3 Å². The van der Waals surface area contributed by atoms with Gasteiger partial charge in [0.1, 0.15) is 0 Å². The number of carboxylic acid groups (broad SMARTS) is 1. The Labute approximate surface area is 217 Å². The smallest absolute Gasteiger partial charge is 0.304 e. The molecular weight excluding hydrogens is 468 g/mol. The molecule has 1 fully saturated rings. The van der Waals surface area contributed by atoms with E-state index in [0.717, 1.165) is 52.8 Å². The van der Waals surface area contributed by atoms with Gasteiger partial charge in [-0.3, -0.25) is 14.5 Å². The molecule has 3 aromatic carbocycles. The van der Waals surface area contributed by atoms with Crippen LogP contribution >= 0.6 is 0 Å². The summed E-state index contributed by atoms with van der Waals surface area (Å²) < 4.78 is 5.83. The van der Waals surface area contributed by atoms with Crippen molar-refractivity contribution in [2.24, 2.45) is 0 Å². The highest BCUT2D eigenvalue weighted by Gasteiger charge is 2.24. The van der Waals surface area contributed by atoms with E-state index >= 15 is 0 Å². The minimum Gasteiger partial charge on any atom is -0.481 e. The van der Waals surface area contributed by atoms with Gasteiger partial charge in [0.15, 0.2) is 0 Å². The Balaban J connectivity index is 1.57. The van der Waals surface area contributed by atoms with Gasteiger partial charge in [0, 0.05) is 50.7 Å². The lowest BCUT2D eigenvalue weighted by Gasteiger charge is -2.34. The van der Waals surface area contributed by atoms with E-state index in [2.05, 4.69) is 10.2 Å². The number of anilines is 2. The first-order valence-corrected chi connectivity index (χ1v) is 12.9. The number of rotatable bonds is 2. The normalized spacial score (nSPS) is 20.8.